The molecule has 8 fully saturated rings. The Labute approximate surface area is 334 Å². The minimum atomic E-state index is -0.996. The van der Waals surface area contributed by atoms with Crippen LogP contribution in [0.4, 0.5) is 0 Å². The Morgan fingerprint density at radius 1 is 0.927 bits per heavy atom. The molecule has 55 heavy (non-hydrogen) atoms. The normalized spacial score (nSPS) is 45.6. The minimum Gasteiger partial charge on any atom is -0.393 e. The molecule has 2 unspecified atom stereocenters. The molecular weight excluding hydrogens is 693 g/mol. The van der Waals surface area contributed by atoms with Gasteiger partial charge < -0.3 is 38.8 Å². The van der Waals surface area contributed by atoms with E-state index in [1.807, 2.05) is 20.8 Å². The summed E-state index contributed by atoms with van der Waals surface area (Å²) in [6.07, 6.45) is 9.56. The Balaban J connectivity index is 0.905. The highest BCUT2D eigenvalue weighted by atomic mass is 16.7. The van der Waals surface area contributed by atoms with Gasteiger partial charge in [-0.15, -0.1) is 0 Å². The molecule has 8 aliphatic rings. The second kappa shape index (κ2) is 14.4. The van der Waals surface area contributed by atoms with Crippen molar-refractivity contribution in [2.45, 2.75) is 156 Å². The first-order valence-electron chi connectivity index (χ1n) is 22.7. The first-order chi connectivity index (χ1) is 25.9. The van der Waals surface area contributed by atoms with E-state index in [1.54, 1.807) is 7.11 Å². The summed E-state index contributed by atoms with van der Waals surface area (Å²) in [5.41, 5.74) is 0.149. The van der Waals surface area contributed by atoms with Crippen LogP contribution in [-0.2, 0) is 23.7 Å². The fraction of sp³-hybridized carbons (Fsp3) is 1.00. The van der Waals surface area contributed by atoms with Crippen molar-refractivity contribution < 1.29 is 33.9 Å². The minimum absolute atomic E-state index is 0.0635. The third-order valence-corrected chi connectivity index (χ3v) is 18.7. The lowest BCUT2D eigenvalue weighted by Crippen LogP contribution is -2.60. The Morgan fingerprint density at radius 3 is 2.29 bits per heavy atom. The molecule has 0 radical (unpaired) electrons. The van der Waals surface area contributed by atoms with Gasteiger partial charge in [0, 0.05) is 63.8 Å². The van der Waals surface area contributed by atoms with Gasteiger partial charge in [-0.25, -0.2) is 0 Å². The summed E-state index contributed by atoms with van der Waals surface area (Å²) < 4.78 is 31.1. The summed E-state index contributed by atoms with van der Waals surface area (Å²) in [4.78, 5) is 5.24. The van der Waals surface area contributed by atoms with E-state index in [-0.39, 0.29) is 40.8 Å². The first kappa shape index (κ1) is 41.4. The molecule has 0 aromatic carbocycles. The standard InChI is InChI=1S/C46H80N2O7/c1-11-53-39(41(5,6)50)33(51-10)20-30(2)32-21-36(49)44(9)35-13-12-34-40(3,4)37(14-15-45(34)26-46(35,45)17-16-43(32,44)8)55-38-25-47(18-19-54-38)22-31-23-48(24-31)27-42(7)28-52-29-42/h30-39,49-50H,11-29H2,1-10H3/t30-,32-,33?,34+,35?,36+,37+,38+,39+,43-,44-,45-,46+/m1/s1. The highest BCUT2D eigenvalue weighted by Gasteiger charge is 2.83. The zero-order chi connectivity index (χ0) is 39.4. The molecule has 3 heterocycles. The summed E-state index contributed by atoms with van der Waals surface area (Å²) >= 11 is 0. The molecule has 3 saturated heterocycles. The predicted octanol–water partition coefficient (Wildman–Crippen LogP) is 6.63. The van der Waals surface area contributed by atoms with E-state index in [9.17, 15) is 10.2 Å². The largest absolute Gasteiger partial charge is 0.393 e. The predicted molar refractivity (Wildman–Crippen MR) is 214 cm³/mol. The molecule has 0 aromatic heterocycles. The first-order valence-corrected chi connectivity index (χ1v) is 22.7. The zero-order valence-electron chi connectivity index (χ0n) is 36.5. The Hall–Kier alpha value is -0.360. The van der Waals surface area contributed by atoms with Crippen LogP contribution in [0.5, 0.6) is 0 Å². The molecule has 0 aromatic rings. The summed E-state index contributed by atoms with van der Waals surface area (Å²) in [5, 5.41) is 23.3. The Morgan fingerprint density at radius 2 is 1.64 bits per heavy atom. The van der Waals surface area contributed by atoms with Gasteiger partial charge in [-0.1, -0.05) is 41.5 Å². The number of aliphatic hydroxyl groups excluding tert-OH is 1. The average Bonchev–Trinajstić information content (AvgIpc) is 3.71. The van der Waals surface area contributed by atoms with Crippen LogP contribution in [0, 0.1) is 62.1 Å². The third-order valence-electron chi connectivity index (χ3n) is 18.7. The van der Waals surface area contributed by atoms with Crippen LogP contribution in [0.15, 0.2) is 0 Å². The Kier molecular flexibility index (Phi) is 10.8. The maximum Gasteiger partial charge on any atom is 0.170 e. The van der Waals surface area contributed by atoms with Crippen LogP contribution in [0.3, 0.4) is 0 Å². The van der Waals surface area contributed by atoms with Crippen molar-refractivity contribution >= 4 is 0 Å². The zero-order valence-corrected chi connectivity index (χ0v) is 36.5. The second-order valence-electron chi connectivity index (χ2n) is 22.7. The number of aliphatic hydroxyl groups is 2. The van der Waals surface area contributed by atoms with E-state index < -0.39 is 11.7 Å². The van der Waals surface area contributed by atoms with Gasteiger partial charge in [0.1, 0.15) is 6.10 Å². The lowest BCUT2D eigenvalue weighted by atomic mass is 9.41. The van der Waals surface area contributed by atoms with E-state index in [2.05, 4.69) is 51.3 Å². The molecule has 5 saturated carbocycles. The molecule has 2 spiro atoms. The summed E-state index contributed by atoms with van der Waals surface area (Å²) in [5.74, 6) is 2.71. The molecule has 2 N–H and O–H groups in total. The lowest BCUT2D eigenvalue weighted by Gasteiger charge is -2.64. The Bertz CT molecular complexity index is 1380. The van der Waals surface area contributed by atoms with E-state index in [0.29, 0.717) is 46.5 Å². The number of methoxy groups -OCH3 is 1. The third kappa shape index (κ3) is 6.56. The second-order valence-corrected chi connectivity index (χ2v) is 22.7. The number of rotatable bonds is 14. The lowest BCUT2D eigenvalue weighted by molar-refractivity contribution is -0.250. The van der Waals surface area contributed by atoms with Crippen molar-refractivity contribution in [1.82, 2.24) is 9.80 Å². The van der Waals surface area contributed by atoms with E-state index in [0.717, 1.165) is 64.6 Å². The molecule has 8 rings (SSSR count). The topological polar surface area (TPSA) is 93.1 Å². The van der Waals surface area contributed by atoms with Gasteiger partial charge in [0.15, 0.2) is 6.29 Å². The van der Waals surface area contributed by atoms with Crippen molar-refractivity contribution in [2.24, 2.45) is 62.1 Å². The molecule has 0 bridgehead atoms. The molecule has 13 atom stereocenters. The maximum atomic E-state index is 12.3. The fourth-order valence-corrected chi connectivity index (χ4v) is 15.8. The highest BCUT2D eigenvalue weighted by Crippen LogP contribution is 2.89. The molecule has 5 aliphatic carbocycles. The summed E-state index contributed by atoms with van der Waals surface area (Å²) in [6, 6.07) is 0. The van der Waals surface area contributed by atoms with Crippen molar-refractivity contribution in [3.05, 3.63) is 0 Å². The maximum absolute atomic E-state index is 12.3. The van der Waals surface area contributed by atoms with Crippen molar-refractivity contribution in [1.29, 1.82) is 0 Å². The smallest absolute Gasteiger partial charge is 0.170 e. The van der Waals surface area contributed by atoms with Gasteiger partial charge >= 0.3 is 0 Å². The SMILES string of the molecule is CCO[C@@H](C(C[C@@H](C)[C@H]1C[C@H](O)[C@@]2(C)C3CC[C@H]4C(C)(C)[C@@H](O[C@H]5CN(CC6CN(CC7(C)COC7)C6)CCO5)CC[C@@]45C[C@@]35CC[C@]12C)OC)C(C)(C)O. The van der Waals surface area contributed by atoms with Crippen LogP contribution in [0.25, 0.3) is 0 Å². The number of hydrogen-bond donors (Lipinski definition) is 2. The van der Waals surface area contributed by atoms with Gasteiger partial charge in [-0.2, -0.15) is 0 Å². The summed E-state index contributed by atoms with van der Waals surface area (Å²) in [6.45, 7) is 30.3. The van der Waals surface area contributed by atoms with Gasteiger partial charge in [-0.05, 0) is 130 Å². The molecule has 316 valence electrons. The van der Waals surface area contributed by atoms with Gasteiger partial charge in [-0.3, -0.25) is 4.90 Å². The number of morpholine rings is 1. The van der Waals surface area contributed by atoms with E-state index in [1.165, 1.54) is 58.2 Å². The molecule has 9 heteroatoms. The number of likely N-dealkylation sites (tertiary alicyclic amines) is 1. The fourth-order valence-electron chi connectivity index (χ4n) is 15.8. The van der Waals surface area contributed by atoms with Crippen LogP contribution in [-0.4, -0.2) is 129 Å². The number of nitrogens with zero attached hydrogens (tertiary/aromatic N) is 2. The van der Waals surface area contributed by atoms with Crippen molar-refractivity contribution in [3.63, 3.8) is 0 Å². The van der Waals surface area contributed by atoms with Gasteiger partial charge in [0.05, 0.1) is 43.7 Å². The number of fused-ring (bicyclic) bond motifs is 2. The molecule has 0 amide bonds. The summed E-state index contributed by atoms with van der Waals surface area (Å²) in [7, 11) is 1.76. The molecule has 3 aliphatic heterocycles. The monoisotopic (exact) mass is 773 g/mol. The van der Waals surface area contributed by atoms with E-state index in [4.69, 9.17) is 23.7 Å². The molecular formula is C46H80N2O7. The number of ether oxygens (including phenoxy) is 5. The average molecular weight is 773 g/mol. The van der Waals surface area contributed by atoms with Gasteiger partial charge in [0.2, 0.25) is 0 Å². The van der Waals surface area contributed by atoms with Crippen LogP contribution in [0.2, 0.25) is 0 Å². The highest BCUT2D eigenvalue weighted by molar-refractivity contribution is 5.31. The quantitative estimate of drug-likeness (QED) is 0.202. The van der Waals surface area contributed by atoms with Crippen LogP contribution < -0.4 is 0 Å². The molecule has 9 nitrogen and oxygen atoms in total. The van der Waals surface area contributed by atoms with Crippen LogP contribution >= 0.6 is 0 Å². The van der Waals surface area contributed by atoms with Crippen molar-refractivity contribution in [3.8, 4) is 0 Å². The van der Waals surface area contributed by atoms with Gasteiger partial charge in [0.25, 0.3) is 0 Å². The van der Waals surface area contributed by atoms with Crippen molar-refractivity contribution in [2.75, 3.05) is 72.8 Å². The number of hydrogen-bond acceptors (Lipinski definition) is 9. The van der Waals surface area contributed by atoms with E-state index >= 15 is 0 Å². The van der Waals surface area contributed by atoms with Crippen LogP contribution in [0.1, 0.15) is 120 Å².